The van der Waals surface area contributed by atoms with Crippen LogP contribution in [-0.2, 0) is 17.8 Å². The summed E-state index contributed by atoms with van der Waals surface area (Å²) in [5.41, 5.74) is 1.18. The molecule has 0 aliphatic rings. The molecule has 6 heteroatoms. The molecule has 0 saturated carbocycles. The summed E-state index contributed by atoms with van der Waals surface area (Å²) in [7, 11) is 1.71. The van der Waals surface area contributed by atoms with Gasteiger partial charge in [-0.2, -0.15) is 5.10 Å². The summed E-state index contributed by atoms with van der Waals surface area (Å²) < 4.78 is 5.53. The van der Waals surface area contributed by atoms with Crippen LogP contribution in [0.2, 0.25) is 0 Å². The first-order valence-corrected chi connectivity index (χ1v) is 6.92. The molecule has 6 nitrogen and oxygen atoms in total. The number of nitrogens with zero attached hydrogens (tertiary/aromatic N) is 3. The van der Waals surface area contributed by atoms with Crippen molar-refractivity contribution in [2.45, 2.75) is 26.8 Å². The summed E-state index contributed by atoms with van der Waals surface area (Å²) in [5, 5.41) is 6.76. The van der Waals surface area contributed by atoms with Crippen molar-refractivity contribution in [1.29, 1.82) is 0 Å². The minimum atomic E-state index is -0.112. The maximum absolute atomic E-state index is 12.0. The number of aromatic nitrogens is 3. The van der Waals surface area contributed by atoms with E-state index < -0.39 is 0 Å². The number of H-pyrrole nitrogens is 1. The van der Waals surface area contributed by atoms with Crippen LogP contribution >= 0.6 is 0 Å². The second kappa shape index (κ2) is 6.88. The van der Waals surface area contributed by atoms with Crippen molar-refractivity contribution in [3.05, 3.63) is 41.5 Å². The maximum atomic E-state index is 12.0. The molecule has 0 aliphatic carbocycles. The predicted octanol–water partition coefficient (Wildman–Crippen LogP) is 1.71. The van der Waals surface area contributed by atoms with E-state index in [9.17, 15) is 4.79 Å². The highest BCUT2D eigenvalue weighted by Gasteiger charge is 2.12. The molecule has 0 fully saturated rings. The summed E-state index contributed by atoms with van der Waals surface area (Å²) in [6.07, 6.45) is 0.940. The number of carbonyl (C=O) groups excluding carboxylic acids is 1. The molecule has 0 bridgehead atoms. The van der Waals surface area contributed by atoms with E-state index in [4.69, 9.17) is 4.74 Å². The monoisotopic (exact) mass is 288 g/mol. The lowest BCUT2D eigenvalue weighted by Gasteiger charge is -2.15. The first-order chi connectivity index (χ1) is 10.1. The Kier molecular flexibility index (Phi) is 4.92. The fourth-order valence-corrected chi connectivity index (χ4v) is 1.87. The Balaban J connectivity index is 1.85. The SMILES string of the molecule is CCc1cccc(OCC(=O)N(C)Cc2n[nH]c(C)n2)c1. The van der Waals surface area contributed by atoms with Crippen LogP contribution < -0.4 is 4.74 Å². The van der Waals surface area contributed by atoms with E-state index in [0.29, 0.717) is 18.1 Å². The fourth-order valence-electron chi connectivity index (χ4n) is 1.87. The number of hydrogen-bond acceptors (Lipinski definition) is 4. The third-order valence-corrected chi connectivity index (χ3v) is 3.12. The van der Waals surface area contributed by atoms with Crippen LogP contribution in [0.4, 0.5) is 0 Å². The molecule has 0 saturated heterocycles. The van der Waals surface area contributed by atoms with Gasteiger partial charge in [0.15, 0.2) is 12.4 Å². The van der Waals surface area contributed by atoms with Crippen LogP contribution in [0.3, 0.4) is 0 Å². The van der Waals surface area contributed by atoms with Crippen molar-refractivity contribution < 1.29 is 9.53 Å². The molecule has 1 amide bonds. The normalized spacial score (nSPS) is 10.4. The number of nitrogens with one attached hydrogen (secondary N) is 1. The molecule has 2 aromatic rings. The fraction of sp³-hybridized carbons (Fsp3) is 0.400. The van der Waals surface area contributed by atoms with Crippen LogP contribution in [0.15, 0.2) is 24.3 Å². The Morgan fingerprint density at radius 2 is 2.24 bits per heavy atom. The lowest BCUT2D eigenvalue weighted by molar-refractivity contribution is -0.132. The van der Waals surface area contributed by atoms with Gasteiger partial charge in [0.1, 0.15) is 11.6 Å². The number of aromatic amines is 1. The Hall–Kier alpha value is -2.37. The van der Waals surface area contributed by atoms with Crippen LogP contribution in [0.5, 0.6) is 5.75 Å². The third kappa shape index (κ3) is 4.30. The average Bonchev–Trinajstić information content (AvgIpc) is 2.90. The minimum Gasteiger partial charge on any atom is -0.484 e. The van der Waals surface area contributed by atoms with E-state index in [2.05, 4.69) is 22.1 Å². The zero-order valence-electron chi connectivity index (χ0n) is 12.6. The van der Waals surface area contributed by atoms with Gasteiger partial charge in [0, 0.05) is 7.05 Å². The van der Waals surface area contributed by atoms with E-state index in [1.165, 1.54) is 5.56 Å². The molecule has 0 aliphatic heterocycles. The van der Waals surface area contributed by atoms with E-state index >= 15 is 0 Å². The van der Waals surface area contributed by atoms with Gasteiger partial charge < -0.3 is 9.64 Å². The molecule has 1 aromatic heterocycles. The molecule has 112 valence electrons. The molecular weight excluding hydrogens is 268 g/mol. The topological polar surface area (TPSA) is 71.1 Å². The first kappa shape index (κ1) is 15.0. The minimum absolute atomic E-state index is 0.00702. The highest BCUT2D eigenvalue weighted by molar-refractivity contribution is 5.77. The van der Waals surface area contributed by atoms with Crippen molar-refractivity contribution in [3.8, 4) is 5.75 Å². The third-order valence-electron chi connectivity index (χ3n) is 3.12. The van der Waals surface area contributed by atoms with Gasteiger partial charge in [-0.15, -0.1) is 0 Å². The molecular formula is C15H20N4O2. The van der Waals surface area contributed by atoms with Crippen LogP contribution in [-0.4, -0.2) is 39.6 Å². The molecule has 1 heterocycles. The molecule has 1 aromatic carbocycles. The number of carbonyl (C=O) groups is 1. The molecule has 0 unspecified atom stereocenters. The highest BCUT2D eigenvalue weighted by atomic mass is 16.5. The van der Waals surface area contributed by atoms with Crippen LogP contribution in [0.25, 0.3) is 0 Å². The number of amides is 1. The van der Waals surface area contributed by atoms with Gasteiger partial charge in [0.2, 0.25) is 0 Å². The van der Waals surface area contributed by atoms with Crippen molar-refractivity contribution in [2.75, 3.05) is 13.7 Å². The molecule has 2 rings (SSSR count). The van der Waals surface area contributed by atoms with Crippen LogP contribution in [0.1, 0.15) is 24.1 Å². The standard InChI is InChI=1S/C15H20N4O2/c1-4-12-6-5-7-13(8-12)21-10-15(20)19(3)9-14-16-11(2)17-18-14/h5-8H,4,9-10H2,1-3H3,(H,16,17,18). The molecule has 0 spiro atoms. The Bertz CT molecular complexity index is 609. The summed E-state index contributed by atoms with van der Waals surface area (Å²) >= 11 is 0. The van der Waals surface area contributed by atoms with Crippen molar-refractivity contribution in [1.82, 2.24) is 20.1 Å². The van der Waals surface area contributed by atoms with Gasteiger partial charge in [-0.3, -0.25) is 9.89 Å². The number of rotatable bonds is 6. The molecule has 0 radical (unpaired) electrons. The van der Waals surface area contributed by atoms with Gasteiger partial charge in [0.05, 0.1) is 6.54 Å². The second-order valence-corrected chi connectivity index (χ2v) is 4.88. The maximum Gasteiger partial charge on any atom is 0.260 e. The highest BCUT2D eigenvalue weighted by Crippen LogP contribution is 2.13. The number of ether oxygens (including phenoxy) is 1. The first-order valence-electron chi connectivity index (χ1n) is 6.92. The van der Waals surface area contributed by atoms with E-state index in [-0.39, 0.29) is 12.5 Å². The summed E-state index contributed by atoms with van der Waals surface area (Å²) in [5.74, 6) is 1.93. The summed E-state index contributed by atoms with van der Waals surface area (Å²) in [6.45, 7) is 4.27. The van der Waals surface area contributed by atoms with E-state index in [1.54, 1.807) is 11.9 Å². The summed E-state index contributed by atoms with van der Waals surface area (Å²) in [4.78, 5) is 17.7. The van der Waals surface area contributed by atoms with Crippen molar-refractivity contribution in [3.63, 3.8) is 0 Å². The van der Waals surface area contributed by atoms with Gasteiger partial charge >= 0.3 is 0 Å². The largest absolute Gasteiger partial charge is 0.484 e. The quantitative estimate of drug-likeness (QED) is 0.878. The molecule has 1 N–H and O–H groups in total. The van der Waals surface area contributed by atoms with E-state index in [0.717, 1.165) is 12.2 Å². The smallest absolute Gasteiger partial charge is 0.260 e. The summed E-state index contributed by atoms with van der Waals surface area (Å²) in [6, 6.07) is 7.77. The van der Waals surface area contributed by atoms with Crippen LogP contribution in [0, 0.1) is 6.92 Å². The second-order valence-electron chi connectivity index (χ2n) is 4.88. The van der Waals surface area contributed by atoms with Gasteiger partial charge in [-0.25, -0.2) is 4.98 Å². The Morgan fingerprint density at radius 1 is 1.43 bits per heavy atom. The zero-order chi connectivity index (χ0) is 15.2. The Morgan fingerprint density at radius 3 is 2.90 bits per heavy atom. The van der Waals surface area contributed by atoms with Crippen molar-refractivity contribution >= 4 is 5.91 Å². The van der Waals surface area contributed by atoms with Gasteiger partial charge in [0.25, 0.3) is 5.91 Å². The van der Waals surface area contributed by atoms with Crippen molar-refractivity contribution in [2.24, 2.45) is 0 Å². The zero-order valence-corrected chi connectivity index (χ0v) is 12.6. The Labute approximate surface area is 124 Å². The average molecular weight is 288 g/mol. The number of benzene rings is 1. The number of aryl methyl sites for hydroxylation is 2. The lowest BCUT2D eigenvalue weighted by Crippen LogP contribution is -2.31. The number of hydrogen-bond donors (Lipinski definition) is 1. The van der Waals surface area contributed by atoms with Gasteiger partial charge in [-0.05, 0) is 31.0 Å². The lowest BCUT2D eigenvalue weighted by atomic mass is 10.2. The molecule has 0 atom stereocenters. The predicted molar refractivity (Wildman–Crippen MR) is 78.9 cm³/mol. The molecule has 21 heavy (non-hydrogen) atoms. The number of likely N-dealkylation sites (N-methyl/N-ethyl adjacent to an activating group) is 1. The van der Waals surface area contributed by atoms with Gasteiger partial charge in [-0.1, -0.05) is 19.1 Å². The van der Waals surface area contributed by atoms with E-state index in [1.807, 2.05) is 31.2 Å².